The molecule has 172 valence electrons. The number of ether oxygens (including phenoxy) is 2. The maximum Gasteiger partial charge on any atom is 0.249 e. The average molecular weight is 477 g/mol. The van der Waals surface area contributed by atoms with Crippen molar-refractivity contribution < 1.29 is 19.1 Å². The van der Waals surface area contributed by atoms with Crippen LogP contribution in [-0.4, -0.2) is 25.1 Å². The van der Waals surface area contributed by atoms with Crippen molar-refractivity contribution in [3.05, 3.63) is 88.4 Å². The van der Waals surface area contributed by atoms with Crippen molar-refractivity contribution in [1.82, 2.24) is 5.43 Å². The third-order valence-corrected chi connectivity index (χ3v) is 4.91. The summed E-state index contributed by atoms with van der Waals surface area (Å²) in [5, 5.41) is 16.0. The lowest BCUT2D eigenvalue weighted by molar-refractivity contribution is -0.126. The summed E-state index contributed by atoms with van der Waals surface area (Å²) < 4.78 is 11.2. The lowest BCUT2D eigenvalue weighted by Gasteiger charge is -2.12. The highest BCUT2D eigenvalue weighted by Gasteiger charge is 2.11. The molecule has 0 unspecified atom stereocenters. The number of carbonyl (C=O) groups is 2. The van der Waals surface area contributed by atoms with Crippen molar-refractivity contribution >= 4 is 35.3 Å². The van der Waals surface area contributed by atoms with Crippen molar-refractivity contribution in [2.24, 2.45) is 5.10 Å². The topological polar surface area (TPSA) is 113 Å². The second-order valence-corrected chi connectivity index (χ2v) is 7.37. The Morgan fingerprint density at radius 2 is 1.82 bits per heavy atom. The quantitative estimate of drug-likeness (QED) is 0.272. The summed E-state index contributed by atoms with van der Waals surface area (Å²) in [6, 6.07) is 21.2. The van der Waals surface area contributed by atoms with Crippen LogP contribution in [0.2, 0.25) is 5.02 Å². The van der Waals surface area contributed by atoms with E-state index in [1.165, 1.54) is 13.3 Å². The first-order chi connectivity index (χ1) is 16.5. The molecule has 0 spiro atoms. The Morgan fingerprint density at radius 1 is 1.06 bits per heavy atom. The first-order valence-electron chi connectivity index (χ1n) is 10.1. The van der Waals surface area contributed by atoms with Gasteiger partial charge in [0.25, 0.3) is 0 Å². The Bertz CT molecular complexity index is 1250. The maximum atomic E-state index is 12.0. The molecule has 0 saturated heterocycles. The fraction of sp³-hybridized carbons (Fsp3) is 0.120. The number of methoxy groups -OCH3 is 1. The molecule has 34 heavy (non-hydrogen) atoms. The Kier molecular flexibility index (Phi) is 8.60. The number of para-hydroxylation sites is 1. The van der Waals surface area contributed by atoms with E-state index in [1.807, 2.05) is 12.1 Å². The number of nitriles is 1. The normalized spacial score (nSPS) is 10.4. The predicted molar refractivity (Wildman–Crippen MR) is 129 cm³/mol. The van der Waals surface area contributed by atoms with Gasteiger partial charge in [-0.15, -0.1) is 0 Å². The molecular formula is C25H21ClN4O4. The number of nitrogens with one attached hydrogen (secondary N) is 2. The van der Waals surface area contributed by atoms with Crippen molar-refractivity contribution in [1.29, 1.82) is 5.26 Å². The molecule has 0 bridgehead atoms. The first kappa shape index (κ1) is 24.3. The molecule has 0 fully saturated rings. The van der Waals surface area contributed by atoms with E-state index in [-0.39, 0.29) is 6.61 Å². The van der Waals surface area contributed by atoms with Gasteiger partial charge in [-0.3, -0.25) is 9.59 Å². The summed E-state index contributed by atoms with van der Waals surface area (Å²) in [5.74, 6) is -0.137. The smallest absolute Gasteiger partial charge is 0.249 e. The zero-order valence-corrected chi connectivity index (χ0v) is 19.0. The lowest BCUT2D eigenvalue weighted by Crippen LogP contribution is -2.24. The number of halogens is 1. The van der Waals surface area contributed by atoms with E-state index in [0.717, 1.165) is 5.56 Å². The monoisotopic (exact) mass is 476 g/mol. The molecule has 0 aromatic heterocycles. The van der Waals surface area contributed by atoms with E-state index in [0.29, 0.717) is 33.3 Å². The molecule has 0 heterocycles. The fourth-order valence-corrected chi connectivity index (χ4v) is 3.10. The van der Waals surface area contributed by atoms with Crippen LogP contribution in [0.15, 0.2) is 71.8 Å². The summed E-state index contributed by atoms with van der Waals surface area (Å²) in [6.45, 7) is 0.208. The van der Waals surface area contributed by atoms with Crippen LogP contribution >= 0.6 is 11.6 Å². The second-order valence-electron chi connectivity index (χ2n) is 6.97. The highest BCUT2D eigenvalue weighted by atomic mass is 35.5. The molecule has 8 nitrogen and oxygen atoms in total. The van der Waals surface area contributed by atoms with Gasteiger partial charge in [-0.1, -0.05) is 41.9 Å². The molecular weight excluding hydrogens is 456 g/mol. The minimum Gasteiger partial charge on any atom is -0.493 e. The van der Waals surface area contributed by atoms with Crippen LogP contribution in [0.3, 0.4) is 0 Å². The molecule has 0 aliphatic carbocycles. The van der Waals surface area contributed by atoms with Gasteiger partial charge in [-0.05, 0) is 42.0 Å². The molecule has 2 N–H and O–H groups in total. The Balaban J connectivity index is 1.54. The van der Waals surface area contributed by atoms with E-state index < -0.39 is 18.2 Å². The molecule has 3 aromatic carbocycles. The fourth-order valence-electron chi connectivity index (χ4n) is 2.92. The molecule has 0 saturated carbocycles. The third-order valence-electron chi connectivity index (χ3n) is 4.58. The van der Waals surface area contributed by atoms with Crippen LogP contribution in [-0.2, 0) is 16.2 Å². The molecule has 9 heteroatoms. The highest BCUT2D eigenvalue weighted by Crippen LogP contribution is 2.28. The van der Waals surface area contributed by atoms with Crippen molar-refractivity contribution in [2.75, 3.05) is 12.4 Å². The maximum absolute atomic E-state index is 12.0. The van der Waals surface area contributed by atoms with Gasteiger partial charge in [-0.25, -0.2) is 5.43 Å². The van der Waals surface area contributed by atoms with Crippen LogP contribution < -0.4 is 20.2 Å². The number of anilines is 1. The molecule has 0 aliphatic rings. The highest BCUT2D eigenvalue weighted by molar-refractivity contribution is 6.33. The third kappa shape index (κ3) is 6.82. The summed E-state index contributed by atoms with van der Waals surface area (Å²) in [5.41, 5.74) is 4.68. The molecule has 0 atom stereocenters. The predicted octanol–water partition coefficient (Wildman–Crippen LogP) is 4.28. The minimum atomic E-state index is -0.580. The molecule has 3 aromatic rings. The number of hydrogen-bond donors (Lipinski definition) is 2. The molecule has 3 rings (SSSR count). The molecule has 0 radical (unpaired) electrons. The Morgan fingerprint density at radius 3 is 2.59 bits per heavy atom. The van der Waals surface area contributed by atoms with Gasteiger partial charge in [0.1, 0.15) is 13.0 Å². The van der Waals surface area contributed by atoms with E-state index >= 15 is 0 Å². The van der Waals surface area contributed by atoms with E-state index in [4.69, 9.17) is 21.1 Å². The first-order valence-corrected chi connectivity index (χ1v) is 10.5. The summed E-state index contributed by atoms with van der Waals surface area (Å²) >= 11 is 5.99. The van der Waals surface area contributed by atoms with Crippen LogP contribution in [0.4, 0.5) is 5.69 Å². The van der Waals surface area contributed by atoms with E-state index in [1.54, 1.807) is 54.6 Å². The van der Waals surface area contributed by atoms with Crippen molar-refractivity contribution in [3.8, 4) is 17.6 Å². The summed E-state index contributed by atoms with van der Waals surface area (Å²) in [7, 11) is 1.51. The number of hydrogen-bond acceptors (Lipinski definition) is 6. The number of amides is 2. The van der Waals surface area contributed by atoms with Crippen molar-refractivity contribution in [3.63, 3.8) is 0 Å². The summed E-state index contributed by atoms with van der Waals surface area (Å²) in [6.07, 6.45) is 1.00. The van der Waals surface area contributed by atoms with Gasteiger partial charge >= 0.3 is 0 Å². The largest absolute Gasteiger partial charge is 0.493 e. The minimum absolute atomic E-state index is 0.208. The Hall–Kier alpha value is -4.35. The van der Waals surface area contributed by atoms with Gasteiger partial charge < -0.3 is 14.8 Å². The lowest BCUT2D eigenvalue weighted by atomic mass is 10.1. The van der Waals surface area contributed by atoms with Crippen LogP contribution in [0.5, 0.6) is 11.5 Å². The van der Waals surface area contributed by atoms with Crippen LogP contribution in [0.1, 0.15) is 23.1 Å². The zero-order chi connectivity index (χ0) is 24.3. The number of benzene rings is 3. The van der Waals surface area contributed by atoms with Crippen LogP contribution in [0.25, 0.3) is 0 Å². The van der Waals surface area contributed by atoms with Gasteiger partial charge in [0, 0.05) is 5.56 Å². The van der Waals surface area contributed by atoms with E-state index in [2.05, 4.69) is 21.9 Å². The Labute approximate surface area is 201 Å². The molecule has 2 amide bonds. The van der Waals surface area contributed by atoms with Gasteiger partial charge in [0.15, 0.2) is 11.5 Å². The SMILES string of the molecule is COc1cc(C=NNC(=O)CC(=O)Nc2ccccc2Cl)ccc1OCc1ccccc1C#N. The number of hydrazone groups is 1. The number of nitrogens with zero attached hydrogens (tertiary/aromatic N) is 2. The zero-order valence-electron chi connectivity index (χ0n) is 18.2. The van der Waals surface area contributed by atoms with Crippen LogP contribution in [0, 0.1) is 11.3 Å². The second kappa shape index (κ2) is 12.0. The van der Waals surface area contributed by atoms with E-state index in [9.17, 15) is 14.9 Å². The van der Waals surface area contributed by atoms with Gasteiger partial charge in [0.2, 0.25) is 11.8 Å². The molecule has 0 aliphatic heterocycles. The number of rotatable bonds is 9. The summed E-state index contributed by atoms with van der Waals surface area (Å²) in [4.78, 5) is 24.0. The standard InChI is InChI=1S/C25H21ClN4O4/c1-33-23-12-17(10-11-22(23)34-16-19-7-3-2-6-18(19)14-27)15-28-30-25(32)13-24(31)29-21-9-5-4-8-20(21)26/h2-12,15H,13,16H2,1H3,(H,29,31)(H,30,32). The number of carbonyl (C=O) groups excluding carboxylic acids is 2. The van der Waals surface area contributed by atoms with Gasteiger partial charge in [-0.2, -0.15) is 10.4 Å². The average Bonchev–Trinajstić information content (AvgIpc) is 2.84. The van der Waals surface area contributed by atoms with Crippen molar-refractivity contribution in [2.45, 2.75) is 13.0 Å². The van der Waals surface area contributed by atoms with Gasteiger partial charge in [0.05, 0.1) is 35.7 Å².